The predicted molar refractivity (Wildman–Crippen MR) is 74.2 cm³/mol. The molecule has 0 radical (unpaired) electrons. The lowest BCUT2D eigenvalue weighted by Crippen LogP contribution is -2.31. The van der Waals surface area contributed by atoms with Gasteiger partial charge in [0.25, 0.3) is 0 Å². The molecule has 0 aliphatic rings. The Balaban J connectivity index is 2.56. The van der Waals surface area contributed by atoms with Crippen LogP contribution in [-0.2, 0) is 4.74 Å². The van der Waals surface area contributed by atoms with E-state index in [1.807, 2.05) is 6.92 Å². The highest BCUT2D eigenvalue weighted by molar-refractivity contribution is 6.31. The van der Waals surface area contributed by atoms with E-state index < -0.39 is 23.4 Å². The van der Waals surface area contributed by atoms with E-state index in [1.165, 1.54) is 6.92 Å². The van der Waals surface area contributed by atoms with Gasteiger partial charge in [-0.1, -0.05) is 11.6 Å². The SMILES string of the molecule is CCOCCCNC(=O)Nc1c(F)cc(Cl)c(C)c1F. The van der Waals surface area contributed by atoms with Crippen LogP contribution in [0, 0.1) is 18.6 Å². The second-order valence-electron chi connectivity index (χ2n) is 4.09. The number of benzene rings is 1. The monoisotopic (exact) mass is 306 g/mol. The fourth-order valence-corrected chi connectivity index (χ4v) is 1.66. The van der Waals surface area contributed by atoms with Gasteiger partial charge in [0.15, 0.2) is 11.6 Å². The number of rotatable bonds is 6. The predicted octanol–water partition coefficient (Wildman–Crippen LogP) is 3.47. The maximum Gasteiger partial charge on any atom is 0.319 e. The quantitative estimate of drug-likeness (QED) is 0.791. The Labute approximate surface area is 121 Å². The molecule has 0 bridgehead atoms. The van der Waals surface area contributed by atoms with E-state index in [0.717, 1.165) is 6.07 Å². The molecule has 0 unspecified atom stereocenters. The number of hydrogen-bond donors (Lipinski definition) is 2. The number of carbonyl (C=O) groups is 1. The standard InChI is InChI=1S/C13H17ClF2N2O2/c1-3-20-6-4-5-17-13(19)18-12-10(15)7-9(14)8(2)11(12)16/h7H,3-6H2,1-2H3,(H2,17,18,19). The van der Waals surface area contributed by atoms with Gasteiger partial charge in [-0.25, -0.2) is 13.6 Å². The molecule has 0 spiro atoms. The smallest absolute Gasteiger partial charge is 0.319 e. The summed E-state index contributed by atoms with van der Waals surface area (Å²) in [5.74, 6) is -1.79. The van der Waals surface area contributed by atoms with E-state index in [0.29, 0.717) is 26.2 Å². The van der Waals surface area contributed by atoms with Crippen LogP contribution in [0.5, 0.6) is 0 Å². The molecule has 1 aromatic rings. The molecule has 7 heteroatoms. The third-order valence-corrected chi connectivity index (χ3v) is 2.99. The van der Waals surface area contributed by atoms with Crippen molar-refractivity contribution in [2.24, 2.45) is 0 Å². The van der Waals surface area contributed by atoms with Crippen molar-refractivity contribution in [3.8, 4) is 0 Å². The van der Waals surface area contributed by atoms with Crippen LogP contribution < -0.4 is 10.6 Å². The number of hydrogen-bond acceptors (Lipinski definition) is 2. The molecule has 0 atom stereocenters. The van der Waals surface area contributed by atoms with E-state index in [2.05, 4.69) is 10.6 Å². The lowest BCUT2D eigenvalue weighted by atomic mass is 10.2. The maximum absolute atomic E-state index is 13.8. The Morgan fingerprint density at radius 1 is 1.45 bits per heavy atom. The lowest BCUT2D eigenvalue weighted by molar-refractivity contribution is 0.145. The summed E-state index contributed by atoms with van der Waals surface area (Å²) >= 11 is 5.64. The molecule has 0 fully saturated rings. The molecule has 20 heavy (non-hydrogen) atoms. The Bertz CT molecular complexity index is 484. The normalized spacial score (nSPS) is 10.4. The number of ether oxygens (including phenoxy) is 1. The van der Waals surface area contributed by atoms with Gasteiger partial charge in [0.2, 0.25) is 0 Å². The van der Waals surface area contributed by atoms with Gasteiger partial charge < -0.3 is 15.4 Å². The molecule has 0 aliphatic carbocycles. The molecule has 0 saturated carbocycles. The van der Waals surface area contributed by atoms with Crippen molar-refractivity contribution in [1.82, 2.24) is 5.32 Å². The molecule has 0 heterocycles. The number of nitrogens with one attached hydrogen (secondary N) is 2. The van der Waals surface area contributed by atoms with Crippen molar-refractivity contribution < 1.29 is 18.3 Å². The first-order valence-electron chi connectivity index (χ1n) is 6.24. The minimum atomic E-state index is -0.914. The summed E-state index contributed by atoms with van der Waals surface area (Å²) in [6.45, 7) is 4.74. The van der Waals surface area contributed by atoms with Crippen molar-refractivity contribution in [2.45, 2.75) is 20.3 Å². The van der Waals surface area contributed by atoms with Crippen molar-refractivity contribution in [3.05, 3.63) is 28.3 Å². The Morgan fingerprint density at radius 3 is 2.80 bits per heavy atom. The molecule has 0 aromatic heterocycles. The topological polar surface area (TPSA) is 50.4 Å². The van der Waals surface area contributed by atoms with Crippen molar-refractivity contribution >= 4 is 23.3 Å². The molecular weight excluding hydrogens is 290 g/mol. The third-order valence-electron chi connectivity index (χ3n) is 2.59. The highest BCUT2D eigenvalue weighted by Gasteiger charge is 2.16. The summed E-state index contributed by atoms with van der Waals surface area (Å²) < 4.78 is 32.4. The first kappa shape index (κ1) is 16.7. The molecular formula is C13H17ClF2N2O2. The number of anilines is 1. The van der Waals surface area contributed by atoms with Crippen LogP contribution in [0.1, 0.15) is 18.9 Å². The average Bonchev–Trinajstić information content (AvgIpc) is 2.41. The van der Waals surface area contributed by atoms with E-state index in [9.17, 15) is 13.6 Å². The molecule has 0 aliphatic heterocycles. The van der Waals surface area contributed by atoms with Crippen LogP contribution in [0.2, 0.25) is 5.02 Å². The Hall–Kier alpha value is -1.40. The van der Waals surface area contributed by atoms with Gasteiger partial charge in [0.05, 0.1) is 0 Å². The zero-order chi connectivity index (χ0) is 15.1. The van der Waals surface area contributed by atoms with Gasteiger partial charge in [0.1, 0.15) is 5.69 Å². The van der Waals surface area contributed by atoms with Gasteiger partial charge in [0, 0.05) is 30.3 Å². The Morgan fingerprint density at radius 2 is 2.15 bits per heavy atom. The van der Waals surface area contributed by atoms with Gasteiger partial charge in [-0.2, -0.15) is 0 Å². The van der Waals surface area contributed by atoms with E-state index >= 15 is 0 Å². The van der Waals surface area contributed by atoms with Crippen LogP contribution >= 0.6 is 11.6 Å². The lowest BCUT2D eigenvalue weighted by Gasteiger charge is -2.11. The molecule has 0 saturated heterocycles. The van der Waals surface area contributed by atoms with E-state index in [1.54, 1.807) is 0 Å². The number of amides is 2. The van der Waals surface area contributed by atoms with Crippen LogP contribution in [0.3, 0.4) is 0 Å². The first-order chi connectivity index (χ1) is 9.47. The van der Waals surface area contributed by atoms with E-state index in [4.69, 9.17) is 16.3 Å². The van der Waals surface area contributed by atoms with Crippen LogP contribution in [0.25, 0.3) is 0 Å². The molecule has 2 N–H and O–H groups in total. The van der Waals surface area contributed by atoms with Crippen LogP contribution in [0.4, 0.5) is 19.3 Å². The number of urea groups is 1. The molecule has 1 rings (SSSR count). The Kier molecular flexibility index (Phi) is 6.67. The van der Waals surface area contributed by atoms with Gasteiger partial charge in [-0.15, -0.1) is 0 Å². The maximum atomic E-state index is 13.8. The fraction of sp³-hybridized carbons (Fsp3) is 0.462. The van der Waals surface area contributed by atoms with Crippen LogP contribution in [0.15, 0.2) is 6.07 Å². The van der Waals surface area contributed by atoms with E-state index in [-0.39, 0.29) is 10.6 Å². The van der Waals surface area contributed by atoms with Crippen LogP contribution in [-0.4, -0.2) is 25.8 Å². The van der Waals surface area contributed by atoms with Gasteiger partial charge >= 0.3 is 6.03 Å². The van der Waals surface area contributed by atoms with Crippen molar-refractivity contribution in [3.63, 3.8) is 0 Å². The number of carbonyl (C=O) groups excluding carboxylic acids is 1. The molecule has 112 valence electrons. The minimum Gasteiger partial charge on any atom is -0.382 e. The summed E-state index contributed by atoms with van der Waals surface area (Å²) in [5.41, 5.74) is -0.422. The molecule has 4 nitrogen and oxygen atoms in total. The van der Waals surface area contributed by atoms with Gasteiger partial charge in [-0.3, -0.25) is 0 Å². The summed E-state index contributed by atoms with van der Waals surface area (Å²) in [5, 5.41) is 4.59. The molecule has 1 aromatic carbocycles. The third kappa shape index (κ3) is 4.61. The van der Waals surface area contributed by atoms with Crippen molar-refractivity contribution in [2.75, 3.05) is 25.1 Å². The summed E-state index contributed by atoms with van der Waals surface area (Å²) in [7, 11) is 0. The summed E-state index contributed by atoms with van der Waals surface area (Å²) in [6.07, 6.45) is 0.617. The first-order valence-corrected chi connectivity index (χ1v) is 6.61. The zero-order valence-electron chi connectivity index (χ0n) is 11.4. The second kappa shape index (κ2) is 8.01. The van der Waals surface area contributed by atoms with Crippen molar-refractivity contribution in [1.29, 1.82) is 0 Å². The molecule has 2 amide bonds. The highest BCUT2D eigenvalue weighted by Crippen LogP contribution is 2.27. The summed E-state index contributed by atoms with van der Waals surface area (Å²) in [4.78, 5) is 11.5. The fourth-order valence-electron chi connectivity index (χ4n) is 1.48. The second-order valence-corrected chi connectivity index (χ2v) is 4.49. The highest BCUT2D eigenvalue weighted by atomic mass is 35.5. The zero-order valence-corrected chi connectivity index (χ0v) is 12.1. The number of halogens is 3. The van der Waals surface area contributed by atoms with Gasteiger partial charge in [-0.05, 0) is 26.3 Å². The summed E-state index contributed by atoms with van der Waals surface area (Å²) in [6, 6.07) is 0.283. The minimum absolute atomic E-state index is 0.0253. The largest absolute Gasteiger partial charge is 0.382 e. The average molecular weight is 307 g/mol.